The maximum Gasteiger partial charge on any atom is 0.0958 e. The molecule has 1 unspecified atom stereocenters. The second-order valence-corrected chi connectivity index (χ2v) is 3.40. The van der Waals surface area contributed by atoms with Crippen molar-refractivity contribution in [1.82, 2.24) is 19.0 Å². The highest BCUT2D eigenvalue weighted by atomic mass is 32.1. The van der Waals surface area contributed by atoms with E-state index in [1.165, 1.54) is 11.7 Å². The van der Waals surface area contributed by atoms with E-state index < -0.39 is 0 Å². The lowest BCUT2D eigenvalue weighted by molar-refractivity contribution is 0.674. The van der Waals surface area contributed by atoms with Gasteiger partial charge in [-0.1, -0.05) is 6.07 Å². The van der Waals surface area contributed by atoms with Crippen molar-refractivity contribution in [2.75, 3.05) is 7.05 Å². The van der Waals surface area contributed by atoms with Gasteiger partial charge in [-0.15, -0.1) is 0 Å². The largest absolute Gasteiger partial charge is 0.308 e. The van der Waals surface area contributed by atoms with E-state index in [0.29, 0.717) is 0 Å². The van der Waals surface area contributed by atoms with Crippen LogP contribution < -0.4 is 5.32 Å². The fraction of sp³-hybridized carbons (Fsp3) is 0.222. The second-order valence-electron chi connectivity index (χ2n) is 2.84. The van der Waals surface area contributed by atoms with Gasteiger partial charge in [0.2, 0.25) is 0 Å². The minimum absolute atomic E-state index is 0.0856. The van der Waals surface area contributed by atoms with Gasteiger partial charge in [0.25, 0.3) is 0 Å². The van der Waals surface area contributed by atoms with E-state index in [1.54, 1.807) is 12.4 Å². The zero-order chi connectivity index (χ0) is 9.80. The lowest BCUT2D eigenvalue weighted by Crippen LogP contribution is -2.17. The van der Waals surface area contributed by atoms with Gasteiger partial charge >= 0.3 is 0 Å². The molecule has 0 spiro atoms. The molecule has 0 aliphatic carbocycles. The van der Waals surface area contributed by atoms with E-state index in [0.717, 1.165) is 11.3 Å². The third-order valence-corrected chi connectivity index (χ3v) is 2.47. The standard InChI is InChI=1S/C9H10N4S/c1-10-9(8-6-12-14-13-8)7-3-2-4-11-5-7/h2-6,9-10H,1H3. The number of nitrogens with one attached hydrogen (secondary N) is 1. The Labute approximate surface area is 86.3 Å². The minimum atomic E-state index is 0.0856. The van der Waals surface area contributed by atoms with E-state index >= 15 is 0 Å². The molecule has 0 aliphatic heterocycles. The molecule has 0 bridgehead atoms. The van der Waals surface area contributed by atoms with Crippen LogP contribution in [0.25, 0.3) is 0 Å². The number of nitrogens with zero attached hydrogens (tertiary/aromatic N) is 3. The summed E-state index contributed by atoms with van der Waals surface area (Å²) in [6.07, 6.45) is 5.37. The van der Waals surface area contributed by atoms with Crippen molar-refractivity contribution in [3.63, 3.8) is 0 Å². The van der Waals surface area contributed by atoms with E-state index in [2.05, 4.69) is 19.0 Å². The predicted octanol–water partition coefficient (Wildman–Crippen LogP) is 1.24. The molecule has 0 fully saturated rings. The molecule has 2 aromatic heterocycles. The summed E-state index contributed by atoms with van der Waals surface area (Å²) in [6, 6.07) is 4.02. The highest BCUT2D eigenvalue weighted by molar-refractivity contribution is 6.99. The summed E-state index contributed by atoms with van der Waals surface area (Å²) in [5, 5.41) is 3.18. The summed E-state index contributed by atoms with van der Waals surface area (Å²) in [7, 11) is 1.90. The zero-order valence-electron chi connectivity index (χ0n) is 7.71. The van der Waals surface area contributed by atoms with E-state index in [-0.39, 0.29) is 6.04 Å². The molecule has 2 rings (SSSR count). The fourth-order valence-electron chi connectivity index (χ4n) is 1.33. The molecule has 0 aliphatic rings. The van der Waals surface area contributed by atoms with Gasteiger partial charge in [0.1, 0.15) is 0 Å². The van der Waals surface area contributed by atoms with Gasteiger partial charge < -0.3 is 5.32 Å². The van der Waals surface area contributed by atoms with Crippen LogP contribution in [0.4, 0.5) is 0 Å². The average Bonchev–Trinajstić information content (AvgIpc) is 2.74. The molecule has 1 atom stereocenters. The van der Waals surface area contributed by atoms with Crippen LogP contribution in [0.15, 0.2) is 30.7 Å². The second kappa shape index (κ2) is 4.26. The first-order valence-electron chi connectivity index (χ1n) is 4.26. The Morgan fingerprint density at radius 1 is 1.43 bits per heavy atom. The molecule has 0 radical (unpaired) electrons. The Kier molecular flexibility index (Phi) is 2.81. The molecule has 5 heteroatoms. The Morgan fingerprint density at radius 2 is 2.36 bits per heavy atom. The molecule has 14 heavy (non-hydrogen) atoms. The molecule has 0 saturated carbocycles. The van der Waals surface area contributed by atoms with Gasteiger partial charge in [0, 0.05) is 12.4 Å². The maximum atomic E-state index is 4.20. The topological polar surface area (TPSA) is 50.7 Å². The maximum absolute atomic E-state index is 4.20. The van der Waals surface area contributed by atoms with Crippen molar-refractivity contribution in [3.8, 4) is 0 Å². The minimum Gasteiger partial charge on any atom is -0.308 e. The predicted molar refractivity (Wildman–Crippen MR) is 55.0 cm³/mol. The first-order valence-corrected chi connectivity index (χ1v) is 4.99. The molecule has 2 heterocycles. The Hall–Kier alpha value is -1.33. The van der Waals surface area contributed by atoms with Crippen LogP contribution in [-0.4, -0.2) is 20.8 Å². The van der Waals surface area contributed by atoms with Crippen molar-refractivity contribution in [2.24, 2.45) is 0 Å². The summed E-state index contributed by atoms with van der Waals surface area (Å²) in [4.78, 5) is 4.08. The number of rotatable bonds is 3. The SMILES string of the molecule is CNC(c1cccnc1)c1cnsn1. The normalized spacial score (nSPS) is 12.6. The number of hydrogen-bond donors (Lipinski definition) is 1. The zero-order valence-corrected chi connectivity index (χ0v) is 8.53. The molecule has 72 valence electrons. The molecule has 0 aromatic carbocycles. The first-order chi connectivity index (χ1) is 6.92. The Bertz CT molecular complexity index is 373. The van der Waals surface area contributed by atoms with Crippen molar-refractivity contribution in [2.45, 2.75) is 6.04 Å². The van der Waals surface area contributed by atoms with Gasteiger partial charge in [-0.2, -0.15) is 8.75 Å². The van der Waals surface area contributed by atoms with Gasteiger partial charge in [0.05, 0.1) is 29.7 Å². The summed E-state index contributed by atoms with van der Waals surface area (Å²) < 4.78 is 8.19. The van der Waals surface area contributed by atoms with Gasteiger partial charge in [-0.05, 0) is 18.7 Å². The van der Waals surface area contributed by atoms with Crippen molar-refractivity contribution in [3.05, 3.63) is 42.0 Å². The van der Waals surface area contributed by atoms with Gasteiger partial charge in [0.15, 0.2) is 0 Å². The Balaban J connectivity index is 2.31. The smallest absolute Gasteiger partial charge is 0.0958 e. The van der Waals surface area contributed by atoms with Gasteiger partial charge in [-0.3, -0.25) is 4.98 Å². The summed E-state index contributed by atoms with van der Waals surface area (Å²) >= 11 is 1.22. The number of hydrogen-bond acceptors (Lipinski definition) is 5. The highest BCUT2D eigenvalue weighted by Gasteiger charge is 2.13. The molecular formula is C9H10N4S. The van der Waals surface area contributed by atoms with Crippen molar-refractivity contribution >= 4 is 11.7 Å². The number of pyridine rings is 1. The molecule has 4 nitrogen and oxygen atoms in total. The van der Waals surface area contributed by atoms with Crippen LogP contribution in [0, 0.1) is 0 Å². The average molecular weight is 206 g/mol. The fourth-order valence-corrected chi connectivity index (χ4v) is 1.78. The molecular weight excluding hydrogens is 196 g/mol. The third-order valence-electron chi connectivity index (χ3n) is 1.98. The van der Waals surface area contributed by atoms with Crippen LogP contribution in [0.3, 0.4) is 0 Å². The molecule has 1 N–H and O–H groups in total. The lowest BCUT2D eigenvalue weighted by atomic mass is 10.1. The van der Waals surface area contributed by atoms with Crippen molar-refractivity contribution in [1.29, 1.82) is 0 Å². The molecule has 2 aromatic rings. The first kappa shape index (κ1) is 9.23. The van der Waals surface area contributed by atoms with Crippen LogP contribution in [0.1, 0.15) is 17.3 Å². The quantitative estimate of drug-likeness (QED) is 0.821. The monoisotopic (exact) mass is 206 g/mol. The summed E-state index contributed by atoms with van der Waals surface area (Å²) in [6.45, 7) is 0. The molecule has 0 saturated heterocycles. The summed E-state index contributed by atoms with van der Waals surface area (Å²) in [5.41, 5.74) is 2.04. The van der Waals surface area contributed by atoms with Crippen LogP contribution in [-0.2, 0) is 0 Å². The van der Waals surface area contributed by atoms with E-state index in [9.17, 15) is 0 Å². The van der Waals surface area contributed by atoms with E-state index in [4.69, 9.17) is 0 Å². The van der Waals surface area contributed by atoms with Crippen LogP contribution in [0.5, 0.6) is 0 Å². The lowest BCUT2D eigenvalue weighted by Gasteiger charge is -2.12. The van der Waals surface area contributed by atoms with E-state index in [1.807, 2.05) is 25.4 Å². The van der Waals surface area contributed by atoms with Crippen LogP contribution >= 0.6 is 11.7 Å². The van der Waals surface area contributed by atoms with Crippen molar-refractivity contribution < 1.29 is 0 Å². The van der Waals surface area contributed by atoms with Crippen LogP contribution in [0.2, 0.25) is 0 Å². The summed E-state index contributed by atoms with van der Waals surface area (Å²) in [5.74, 6) is 0. The number of aromatic nitrogens is 3. The molecule has 0 amide bonds. The Morgan fingerprint density at radius 3 is 2.93 bits per heavy atom. The van der Waals surface area contributed by atoms with Gasteiger partial charge in [-0.25, -0.2) is 0 Å². The third kappa shape index (κ3) is 1.78. The highest BCUT2D eigenvalue weighted by Crippen LogP contribution is 2.18.